The van der Waals surface area contributed by atoms with Gasteiger partial charge in [-0.05, 0) is 53.6 Å². The molecule has 0 aromatic heterocycles. The molecular weight excluding hydrogens is 320 g/mol. The van der Waals surface area contributed by atoms with Crippen LogP contribution in [0.5, 0.6) is 5.75 Å². The molecule has 25 heavy (non-hydrogen) atoms. The van der Waals surface area contributed by atoms with Crippen molar-refractivity contribution in [3.63, 3.8) is 0 Å². The maximum Gasteiger partial charge on any atom is 0.342 e. The zero-order valence-electron chi connectivity index (χ0n) is 14.9. The molecule has 0 radical (unpaired) electrons. The second kappa shape index (κ2) is 5.07. The number of aliphatic hydroxyl groups is 1. The van der Waals surface area contributed by atoms with Crippen LogP contribution in [0.25, 0.3) is 0 Å². The smallest absolute Gasteiger partial charge is 0.342 e. The Hall–Kier alpha value is -1.88. The maximum absolute atomic E-state index is 12.2. The molecule has 1 fully saturated rings. The summed E-state index contributed by atoms with van der Waals surface area (Å²) in [5.74, 6) is -0.462. The molecule has 1 heterocycles. The fraction of sp³-hybridized carbons (Fsp3) is 0.600. The number of carbonyl (C=O) groups is 2. The summed E-state index contributed by atoms with van der Waals surface area (Å²) >= 11 is 0. The largest absolute Gasteiger partial charge is 0.507 e. The van der Waals surface area contributed by atoms with Crippen LogP contribution in [-0.2, 0) is 16.6 Å². The van der Waals surface area contributed by atoms with Crippen molar-refractivity contribution in [2.24, 2.45) is 11.3 Å². The Morgan fingerprint density at radius 3 is 2.64 bits per heavy atom. The number of rotatable bonds is 1. The summed E-state index contributed by atoms with van der Waals surface area (Å²) in [4.78, 5) is 23.8. The number of aliphatic hydroxyl groups excluding tert-OH is 1. The minimum absolute atomic E-state index is 0.0454. The number of cyclic esters (lactones) is 1. The fourth-order valence-corrected chi connectivity index (χ4v) is 5.95. The van der Waals surface area contributed by atoms with Gasteiger partial charge in [0.1, 0.15) is 5.75 Å². The van der Waals surface area contributed by atoms with Gasteiger partial charge in [0.2, 0.25) is 6.29 Å². The minimum atomic E-state index is -1.36. The van der Waals surface area contributed by atoms with E-state index in [2.05, 4.69) is 20.8 Å². The zero-order valence-corrected chi connectivity index (χ0v) is 14.9. The summed E-state index contributed by atoms with van der Waals surface area (Å²) in [5.41, 5.74) is 1.84. The van der Waals surface area contributed by atoms with Crippen LogP contribution in [-0.4, -0.2) is 22.5 Å². The van der Waals surface area contributed by atoms with Gasteiger partial charge in [-0.3, -0.25) is 4.79 Å². The second-order valence-corrected chi connectivity index (χ2v) is 8.63. The highest BCUT2D eigenvalue weighted by Crippen LogP contribution is 2.60. The summed E-state index contributed by atoms with van der Waals surface area (Å²) in [6.45, 7) is 6.72. The molecule has 5 heteroatoms. The van der Waals surface area contributed by atoms with E-state index in [4.69, 9.17) is 4.74 Å². The standard InChI is InChI=1S/C20H24O5/c1-19(2)7-4-8-20(3)12(19)6-5-10-15(20)14-13(11(9-21)16(10)22)17(23)25-18(14)24/h9,12,18,22,24H,4-8H2,1-3H3/t12?,18-,20-/m0/s1. The number of carbonyl (C=O) groups excluding carboxylic acids is 2. The van der Waals surface area contributed by atoms with Crippen molar-refractivity contribution < 1.29 is 24.5 Å². The minimum Gasteiger partial charge on any atom is -0.507 e. The summed E-state index contributed by atoms with van der Waals surface area (Å²) in [6.07, 6.45) is 3.81. The number of hydrogen-bond acceptors (Lipinski definition) is 5. The van der Waals surface area contributed by atoms with Crippen molar-refractivity contribution in [3.05, 3.63) is 27.8 Å². The van der Waals surface area contributed by atoms with Crippen LogP contribution < -0.4 is 0 Å². The molecular formula is C20H24O5. The third kappa shape index (κ3) is 1.99. The Kier molecular flexibility index (Phi) is 3.36. The molecule has 5 nitrogen and oxygen atoms in total. The predicted molar refractivity (Wildman–Crippen MR) is 90.7 cm³/mol. The van der Waals surface area contributed by atoms with E-state index in [1.54, 1.807) is 0 Å². The lowest BCUT2D eigenvalue weighted by atomic mass is 9.49. The van der Waals surface area contributed by atoms with E-state index in [0.717, 1.165) is 31.2 Å². The van der Waals surface area contributed by atoms with Gasteiger partial charge in [0, 0.05) is 5.56 Å². The molecule has 0 bridgehead atoms. The molecule has 1 aromatic rings. The normalized spacial score (nSPS) is 32.4. The van der Waals surface area contributed by atoms with Crippen molar-refractivity contribution in [2.75, 3.05) is 0 Å². The Morgan fingerprint density at radius 2 is 1.96 bits per heavy atom. The first-order valence-electron chi connectivity index (χ1n) is 8.99. The van der Waals surface area contributed by atoms with Gasteiger partial charge in [-0.2, -0.15) is 0 Å². The van der Waals surface area contributed by atoms with Crippen molar-refractivity contribution in [1.29, 1.82) is 0 Å². The highest BCUT2D eigenvalue weighted by Gasteiger charge is 2.54. The van der Waals surface area contributed by atoms with Gasteiger partial charge in [-0.25, -0.2) is 4.79 Å². The molecule has 1 aromatic carbocycles. The maximum atomic E-state index is 12.2. The summed E-state index contributed by atoms with van der Waals surface area (Å²) in [7, 11) is 0. The molecule has 3 atom stereocenters. The monoisotopic (exact) mass is 344 g/mol. The van der Waals surface area contributed by atoms with E-state index in [0.29, 0.717) is 29.8 Å². The molecule has 0 spiro atoms. The van der Waals surface area contributed by atoms with Gasteiger partial charge in [0.15, 0.2) is 6.29 Å². The van der Waals surface area contributed by atoms with Gasteiger partial charge < -0.3 is 14.9 Å². The Bertz CT molecular complexity index is 794. The fourth-order valence-electron chi connectivity index (χ4n) is 5.95. The average molecular weight is 344 g/mol. The molecule has 1 aliphatic heterocycles. The van der Waals surface area contributed by atoms with E-state index in [1.807, 2.05) is 0 Å². The van der Waals surface area contributed by atoms with E-state index >= 15 is 0 Å². The highest BCUT2D eigenvalue weighted by molar-refractivity contribution is 6.04. The number of aldehydes is 1. The number of benzene rings is 1. The second-order valence-electron chi connectivity index (χ2n) is 8.63. The molecule has 1 unspecified atom stereocenters. The SMILES string of the molecule is CC1(C)CCC[C@]2(C)c3c(c(O)c(C=O)c4c3[C@@H](O)OC4=O)CCC12. The van der Waals surface area contributed by atoms with Gasteiger partial charge >= 0.3 is 5.97 Å². The van der Waals surface area contributed by atoms with Gasteiger partial charge in [0.05, 0.1) is 11.1 Å². The van der Waals surface area contributed by atoms with Crippen LogP contribution in [0.4, 0.5) is 0 Å². The van der Waals surface area contributed by atoms with Crippen molar-refractivity contribution in [3.8, 4) is 5.75 Å². The number of ether oxygens (including phenoxy) is 1. The van der Waals surface area contributed by atoms with Crippen molar-refractivity contribution >= 4 is 12.3 Å². The van der Waals surface area contributed by atoms with Gasteiger partial charge in [-0.1, -0.05) is 27.2 Å². The lowest BCUT2D eigenvalue weighted by Crippen LogP contribution is -2.48. The highest BCUT2D eigenvalue weighted by atomic mass is 16.6. The number of fused-ring (bicyclic) bond motifs is 5. The lowest BCUT2D eigenvalue weighted by molar-refractivity contribution is -0.0570. The molecule has 1 saturated carbocycles. The molecule has 0 amide bonds. The third-order valence-electron chi connectivity index (χ3n) is 6.92. The zero-order chi connectivity index (χ0) is 18.1. The number of hydrogen-bond donors (Lipinski definition) is 2. The predicted octanol–water partition coefficient (Wildman–Crippen LogP) is 3.40. The Labute approximate surface area is 147 Å². The van der Waals surface area contributed by atoms with Crippen LogP contribution >= 0.6 is 0 Å². The first-order chi connectivity index (χ1) is 11.7. The van der Waals surface area contributed by atoms with Crippen LogP contribution in [0, 0.1) is 11.3 Å². The van der Waals surface area contributed by atoms with E-state index in [1.165, 1.54) is 0 Å². The number of esters is 1. The first kappa shape index (κ1) is 16.6. The van der Waals surface area contributed by atoms with E-state index < -0.39 is 12.3 Å². The molecule has 2 N–H and O–H groups in total. The quantitative estimate of drug-likeness (QED) is 0.602. The molecule has 134 valence electrons. The van der Waals surface area contributed by atoms with Crippen LogP contribution in [0.15, 0.2) is 0 Å². The molecule has 0 saturated heterocycles. The van der Waals surface area contributed by atoms with E-state index in [-0.39, 0.29) is 27.7 Å². The summed E-state index contributed by atoms with van der Waals surface area (Å²) in [6, 6.07) is 0. The summed E-state index contributed by atoms with van der Waals surface area (Å²) in [5, 5.41) is 21.1. The number of phenolic OH excluding ortho intramolecular Hbond substituents is 1. The van der Waals surface area contributed by atoms with Crippen molar-refractivity contribution in [2.45, 2.75) is 64.6 Å². The number of phenols is 1. The van der Waals surface area contributed by atoms with Gasteiger partial charge in [0.25, 0.3) is 0 Å². The van der Waals surface area contributed by atoms with E-state index in [9.17, 15) is 19.8 Å². The first-order valence-corrected chi connectivity index (χ1v) is 8.99. The summed E-state index contributed by atoms with van der Waals surface area (Å²) < 4.78 is 5.02. The molecule has 3 aliphatic rings. The topological polar surface area (TPSA) is 83.8 Å². The lowest BCUT2D eigenvalue weighted by Gasteiger charge is -2.55. The van der Waals surface area contributed by atoms with Crippen LogP contribution in [0.2, 0.25) is 0 Å². The molecule has 4 rings (SSSR count). The average Bonchev–Trinajstić information content (AvgIpc) is 2.81. The van der Waals surface area contributed by atoms with Crippen LogP contribution in [0.3, 0.4) is 0 Å². The van der Waals surface area contributed by atoms with Crippen molar-refractivity contribution in [1.82, 2.24) is 0 Å². The molecule has 2 aliphatic carbocycles. The Morgan fingerprint density at radius 1 is 1.24 bits per heavy atom. The van der Waals surface area contributed by atoms with Gasteiger partial charge in [-0.15, -0.1) is 0 Å². The van der Waals surface area contributed by atoms with Crippen LogP contribution in [0.1, 0.15) is 90.2 Å². The third-order valence-corrected chi connectivity index (χ3v) is 6.92. The number of aromatic hydroxyl groups is 1. The Balaban J connectivity index is 2.07.